The largest absolute Gasteiger partial charge is 0.384 e. The molecule has 0 amide bonds. The van der Waals surface area contributed by atoms with E-state index in [0.717, 1.165) is 5.56 Å². The minimum atomic E-state index is -0.786. The predicted molar refractivity (Wildman–Crippen MR) is 59.2 cm³/mol. The van der Waals surface area contributed by atoms with Crippen molar-refractivity contribution in [3.63, 3.8) is 0 Å². The van der Waals surface area contributed by atoms with Crippen LogP contribution in [0.5, 0.6) is 0 Å². The van der Waals surface area contributed by atoms with Crippen LogP contribution >= 0.6 is 0 Å². The molecule has 1 aromatic carbocycles. The molecule has 1 atom stereocenters. The summed E-state index contributed by atoms with van der Waals surface area (Å²) >= 11 is 0. The van der Waals surface area contributed by atoms with Gasteiger partial charge in [0.15, 0.2) is 0 Å². The molecule has 0 unspecified atom stereocenters. The van der Waals surface area contributed by atoms with E-state index >= 15 is 0 Å². The van der Waals surface area contributed by atoms with Crippen molar-refractivity contribution in [3.8, 4) is 0 Å². The summed E-state index contributed by atoms with van der Waals surface area (Å²) in [7, 11) is 0. The molecule has 0 fully saturated rings. The minimum Gasteiger partial charge on any atom is -0.384 e. The Morgan fingerprint density at radius 3 is 2.36 bits per heavy atom. The molecule has 2 nitrogen and oxygen atoms in total. The minimum absolute atomic E-state index is 0.394. The molecule has 2 heteroatoms. The maximum atomic E-state index is 10.2. The van der Waals surface area contributed by atoms with E-state index in [9.17, 15) is 5.11 Å². The monoisotopic (exact) mass is 193 g/mol. The fourth-order valence-electron chi connectivity index (χ4n) is 1.30. The Bertz CT molecular complexity index is 267. The van der Waals surface area contributed by atoms with Crippen molar-refractivity contribution >= 4 is 0 Å². The zero-order valence-corrected chi connectivity index (χ0v) is 9.12. The molecule has 0 aromatic heterocycles. The first-order chi connectivity index (χ1) is 6.52. The lowest BCUT2D eigenvalue weighted by atomic mass is 9.96. The molecule has 2 N–H and O–H groups in total. The SMILES string of the molecule is CC(C)NC[C@](C)(O)c1ccccc1. The highest BCUT2D eigenvalue weighted by atomic mass is 16.3. The third-order valence-electron chi connectivity index (χ3n) is 2.25. The summed E-state index contributed by atoms with van der Waals surface area (Å²) in [5, 5.41) is 13.4. The maximum absolute atomic E-state index is 10.2. The summed E-state index contributed by atoms with van der Waals surface area (Å²) in [6.45, 7) is 6.55. The molecule has 0 saturated carbocycles. The molecule has 0 saturated heterocycles. The van der Waals surface area contributed by atoms with Gasteiger partial charge in [-0.15, -0.1) is 0 Å². The summed E-state index contributed by atoms with van der Waals surface area (Å²) in [4.78, 5) is 0. The average molecular weight is 193 g/mol. The second-order valence-electron chi connectivity index (χ2n) is 4.18. The third kappa shape index (κ3) is 3.13. The molecule has 0 radical (unpaired) electrons. The number of rotatable bonds is 4. The summed E-state index contributed by atoms with van der Waals surface area (Å²) in [6.07, 6.45) is 0. The summed E-state index contributed by atoms with van der Waals surface area (Å²) in [5.74, 6) is 0. The van der Waals surface area contributed by atoms with Gasteiger partial charge < -0.3 is 10.4 Å². The van der Waals surface area contributed by atoms with Crippen molar-refractivity contribution in [2.75, 3.05) is 6.54 Å². The van der Waals surface area contributed by atoms with Gasteiger partial charge in [0, 0.05) is 12.6 Å². The molecular formula is C12H19NO. The molecule has 0 heterocycles. The molecule has 0 aliphatic carbocycles. The van der Waals surface area contributed by atoms with E-state index in [4.69, 9.17) is 0 Å². The standard InChI is InChI=1S/C12H19NO/c1-10(2)13-9-12(3,14)11-7-5-4-6-8-11/h4-8,10,13-14H,9H2,1-3H3/t12-/m0/s1. The average Bonchev–Trinajstić information content (AvgIpc) is 2.16. The van der Waals surface area contributed by atoms with Gasteiger partial charge in [0.05, 0.1) is 5.60 Å². The van der Waals surface area contributed by atoms with E-state index in [1.807, 2.05) is 37.3 Å². The van der Waals surface area contributed by atoms with Crippen LogP contribution in [0, 0.1) is 0 Å². The first kappa shape index (κ1) is 11.2. The van der Waals surface area contributed by atoms with Crippen molar-refractivity contribution in [1.29, 1.82) is 0 Å². The fourth-order valence-corrected chi connectivity index (χ4v) is 1.30. The second-order valence-corrected chi connectivity index (χ2v) is 4.18. The molecule has 0 aliphatic heterocycles. The van der Waals surface area contributed by atoms with Crippen LogP contribution in [0.1, 0.15) is 26.3 Å². The van der Waals surface area contributed by atoms with Crippen molar-refractivity contribution < 1.29 is 5.11 Å². The van der Waals surface area contributed by atoms with Crippen molar-refractivity contribution in [3.05, 3.63) is 35.9 Å². The van der Waals surface area contributed by atoms with Crippen LogP contribution in [0.4, 0.5) is 0 Å². The van der Waals surface area contributed by atoms with Crippen LogP contribution < -0.4 is 5.32 Å². The summed E-state index contributed by atoms with van der Waals surface area (Å²) in [5.41, 5.74) is 0.166. The van der Waals surface area contributed by atoms with Crippen LogP contribution in [0.3, 0.4) is 0 Å². The summed E-state index contributed by atoms with van der Waals surface area (Å²) < 4.78 is 0. The first-order valence-corrected chi connectivity index (χ1v) is 5.03. The molecule has 1 rings (SSSR count). The summed E-state index contributed by atoms with van der Waals surface area (Å²) in [6, 6.07) is 10.1. The van der Waals surface area contributed by atoms with Gasteiger partial charge >= 0.3 is 0 Å². The van der Waals surface area contributed by atoms with Gasteiger partial charge in [0.25, 0.3) is 0 Å². The topological polar surface area (TPSA) is 32.3 Å². The van der Waals surface area contributed by atoms with Crippen LogP contribution in [0.25, 0.3) is 0 Å². The highest BCUT2D eigenvalue weighted by Gasteiger charge is 2.22. The van der Waals surface area contributed by atoms with E-state index in [1.165, 1.54) is 0 Å². The van der Waals surface area contributed by atoms with Crippen LogP contribution in [-0.4, -0.2) is 17.7 Å². The van der Waals surface area contributed by atoms with E-state index in [1.54, 1.807) is 0 Å². The van der Waals surface area contributed by atoms with Gasteiger partial charge in [0.1, 0.15) is 0 Å². The van der Waals surface area contributed by atoms with Crippen molar-refractivity contribution in [2.45, 2.75) is 32.4 Å². The van der Waals surface area contributed by atoms with E-state index in [-0.39, 0.29) is 0 Å². The Morgan fingerprint density at radius 2 is 1.86 bits per heavy atom. The smallest absolute Gasteiger partial charge is 0.0992 e. The second kappa shape index (κ2) is 4.58. The van der Waals surface area contributed by atoms with Crippen LogP contribution in [0.2, 0.25) is 0 Å². The molecule has 14 heavy (non-hydrogen) atoms. The number of hydrogen-bond donors (Lipinski definition) is 2. The van der Waals surface area contributed by atoms with E-state index in [2.05, 4.69) is 19.2 Å². The van der Waals surface area contributed by atoms with E-state index in [0.29, 0.717) is 12.6 Å². The fraction of sp³-hybridized carbons (Fsp3) is 0.500. The van der Waals surface area contributed by atoms with Crippen LogP contribution in [0.15, 0.2) is 30.3 Å². The third-order valence-corrected chi connectivity index (χ3v) is 2.25. The van der Waals surface area contributed by atoms with Gasteiger partial charge in [-0.3, -0.25) is 0 Å². The normalized spacial score (nSPS) is 15.5. The molecule has 0 aliphatic rings. The Labute approximate surface area is 86.0 Å². The van der Waals surface area contributed by atoms with Gasteiger partial charge in [0.2, 0.25) is 0 Å². The highest BCUT2D eigenvalue weighted by molar-refractivity contribution is 5.21. The maximum Gasteiger partial charge on any atom is 0.0992 e. The molecule has 0 spiro atoms. The Balaban J connectivity index is 2.66. The molecule has 0 bridgehead atoms. The number of hydrogen-bond acceptors (Lipinski definition) is 2. The lowest BCUT2D eigenvalue weighted by Crippen LogP contribution is -2.38. The van der Waals surface area contributed by atoms with Gasteiger partial charge in [-0.05, 0) is 12.5 Å². The molecule has 1 aromatic rings. The Morgan fingerprint density at radius 1 is 1.29 bits per heavy atom. The first-order valence-electron chi connectivity index (χ1n) is 5.03. The van der Waals surface area contributed by atoms with Crippen LogP contribution in [-0.2, 0) is 5.60 Å². The predicted octanol–water partition coefficient (Wildman–Crippen LogP) is 1.89. The van der Waals surface area contributed by atoms with Gasteiger partial charge in [-0.25, -0.2) is 0 Å². The Hall–Kier alpha value is -0.860. The van der Waals surface area contributed by atoms with Gasteiger partial charge in [-0.1, -0.05) is 44.2 Å². The quantitative estimate of drug-likeness (QED) is 0.765. The lowest BCUT2D eigenvalue weighted by Gasteiger charge is -2.25. The number of nitrogens with one attached hydrogen (secondary N) is 1. The van der Waals surface area contributed by atoms with Gasteiger partial charge in [-0.2, -0.15) is 0 Å². The van der Waals surface area contributed by atoms with Crippen molar-refractivity contribution in [1.82, 2.24) is 5.32 Å². The zero-order chi connectivity index (χ0) is 10.6. The molecular weight excluding hydrogens is 174 g/mol. The highest BCUT2D eigenvalue weighted by Crippen LogP contribution is 2.18. The zero-order valence-electron chi connectivity index (χ0n) is 9.12. The number of aliphatic hydroxyl groups is 1. The lowest BCUT2D eigenvalue weighted by molar-refractivity contribution is 0.0549. The Kier molecular flexibility index (Phi) is 3.67. The van der Waals surface area contributed by atoms with Crippen molar-refractivity contribution in [2.24, 2.45) is 0 Å². The number of benzene rings is 1. The molecule has 78 valence electrons. The van der Waals surface area contributed by atoms with E-state index < -0.39 is 5.60 Å².